The third-order valence-electron chi connectivity index (χ3n) is 12.9. The van der Waals surface area contributed by atoms with Gasteiger partial charge in [0.15, 0.2) is 8.32 Å². The van der Waals surface area contributed by atoms with Crippen molar-refractivity contribution in [1.29, 1.82) is 0 Å². The van der Waals surface area contributed by atoms with Crippen LogP contribution in [0.2, 0.25) is 18.1 Å². The summed E-state index contributed by atoms with van der Waals surface area (Å²) in [5, 5.41) is 35.1. The second kappa shape index (κ2) is 10.3. The van der Waals surface area contributed by atoms with Crippen molar-refractivity contribution < 1.29 is 19.7 Å². The molecule has 0 bridgehead atoms. The zero-order valence-corrected chi connectivity index (χ0v) is 27.3. The van der Waals surface area contributed by atoms with Crippen LogP contribution in [0.15, 0.2) is 11.6 Å². The third-order valence-corrected chi connectivity index (χ3v) is 17.5. The Morgan fingerprint density at radius 3 is 2.32 bits per heavy atom. The van der Waals surface area contributed by atoms with E-state index in [1.165, 1.54) is 6.42 Å². The highest BCUT2D eigenvalue weighted by Crippen LogP contribution is 2.68. The van der Waals surface area contributed by atoms with Gasteiger partial charge in [0.05, 0.1) is 12.2 Å². The Balaban J connectivity index is 1.54. The SMILES string of the molecule is CC(C)CCC(O)[C@@H](C)[C@@]1(O)[C@@H](O)C[C@H]2[C@@H]3CC=C4C[C@@H](O[Si](C)(C)C(C)(C)C)CC[C@]4(C)[C@H]3CC[C@@]21C. The Morgan fingerprint density at radius 1 is 1.05 bits per heavy atom. The first-order chi connectivity index (χ1) is 17.4. The number of rotatable bonds is 7. The van der Waals surface area contributed by atoms with E-state index in [2.05, 4.69) is 67.6 Å². The number of allylic oxidation sites excluding steroid dienone is 1. The summed E-state index contributed by atoms with van der Waals surface area (Å²) >= 11 is 0. The molecule has 3 N–H and O–H groups in total. The van der Waals surface area contributed by atoms with Crippen LogP contribution in [0.25, 0.3) is 0 Å². The average molecular weight is 549 g/mol. The predicted octanol–water partition coefficient (Wildman–Crippen LogP) is 7.47. The molecule has 0 spiro atoms. The normalized spacial score (nSPS) is 43.2. The molecule has 0 heterocycles. The molecule has 0 radical (unpaired) electrons. The summed E-state index contributed by atoms with van der Waals surface area (Å²) in [6, 6.07) is 0. The molecular formula is C33H60O4Si. The maximum atomic E-state index is 12.3. The van der Waals surface area contributed by atoms with Gasteiger partial charge in [-0.15, -0.1) is 0 Å². The van der Waals surface area contributed by atoms with Crippen molar-refractivity contribution in [2.75, 3.05) is 0 Å². The fourth-order valence-corrected chi connectivity index (χ4v) is 10.6. The molecule has 38 heavy (non-hydrogen) atoms. The highest BCUT2D eigenvalue weighted by Gasteiger charge is 2.69. The quantitative estimate of drug-likeness (QED) is 0.228. The van der Waals surface area contributed by atoms with Crippen LogP contribution in [0.3, 0.4) is 0 Å². The number of fused-ring (bicyclic) bond motifs is 5. The molecule has 4 aliphatic carbocycles. The number of hydrogen-bond acceptors (Lipinski definition) is 4. The topological polar surface area (TPSA) is 69.9 Å². The predicted molar refractivity (Wildman–Crippen MR) is 159 cm³/mol. The van der Waals surface area contributed by atoms with E-state index in [1.54, 1.807) is 5.57 Å². The van der Waals surface area contributed by atoms with Crippen LogP contribution in [-0.2, 0) is 4.43 Å². The average Bonchev–Trinajstić information content (AvgIpc) is 3.02. The molecule has 0 saturated heterocycles. The van der Waals surface area contributed by atoms with Gasteiger partial charge in [0.1, 0.15) is 5.60 Å². The second-order valence-electron chi connectivity index (χ2n) is 16.4. The van der Waals surface area contributed by atoms with E-state index < -0.39 is 26.1 Å². The monoisotopic (exact) mass is 548 g/mol. The fourth-order valence-electron chi connectivity index (χ4n) is 9.25. The number of aliphatic hydroxyl groups excluding tert-OH is 2. The first kappa shape index (κ1) is 30.7. The van der Waals surface area contributed by atoms with Crippen molar-refractivity contribution in [2.24, 2.45) is 40.4 Å². The molecule has 3 saturated carbocycles. The van der Waals surface area contributed by atoms with Gasteiger partial charge in [-0.1, -0.05) is 67.0 Å². The van der Waals surface area contributed by atoms with Gasteiger partial charge >= 0.3 is 0 Å². The summed E-state index contributed by atoms with van der Waals surface area (Å²) < 4.78 is 6.89. The van der Waals surface area contributed by atoms with Gasteiger partial charge in [-0.3, -0.25) is 0 Å². The molecule has 4 rings (SSSR count). The molecule has 0 aromatic rings. The summed E-state index contributed by atoms with van der Waals surface area (Å²) in [5.74, 6) is 1.56. The summed E-state index contributed by atoms with van der Waals surface area (Å²) in [7, 11) is -1.80. The molecule has 0 aliphatic heterocycles. The zero-order chi connectivity index (χ0) is 28.5. The number of aliphatic hydroxyl groups is 3. The van der Waals surface area contributed by atoms with Crippen molar-refractivity contribution in [3.8, 4) is 0 Å². The van der Waals surface area contributed by atoms with Gasteiger partial charge in [-0.25, -0.2) is 0 Å². The lowest BCUT2D eigenvalue weighted by Crippen LogP contribution is -2.61. The molecule has 4 aliphatic rings. The smallest absolute Gasteiger partial charge is 0.192 e. The van der Waals surface area contributed by atoms with Crippen molar-refractivity contribution in [1.82, 2.24) is 0 Å². The Kier molecular flexibility index (Phi) is 8.30. The molecule has 1 unspecified atom stereocenters. The standard InChI is InChI=1S/C33H60O4Si/c1-21(2)11-14-28(34)22(3)33(36)29(35)20-27-25-13-12-23-19-24(37-38(9,10)30(4,5)6)15-17-31(23,7)26(25)16-18-32(27,33)8/h12,21-22,24-29,34-36H,11,13-20H2,1-10H3/t22-,24+,25-,26+,27+,28?,29+,31+,32+,33-/m1/s1. The zero-order valence-electron chi connectivity index (χ0n) is 26.3. The van der Waals surface area contributed by atoms with E-state index >= 15 is 0 Å². The maximum Gasteiger partial charge on any atom is 0.192 e. The Morgan fingerprint density at radius 2 is 1.71 bits per heavy atom. The van der Waals surface area contributed by atoms with Crippen molar-refractivity contribution in [3.63, 3.8) is 0 Å². The molecule has 0 amide bonds. The van der Waals surface area contributed by atoms with Gasteiger partial charge < -0.3 is 19.7 Å². The lowest BCUT2D eigenvalue weighted by Gasteiger charge is -2.60. The van der Waals surface area contributed by atoms with Gasteiger partial charge in [-0.2, -0.15) is 0 Å². The van der Waals surface area contributed by atoms with Gasteiger partial charge in [0, 0.05) is 17.4 Å². The first-order valence-corrected chi connectivity index (χ1v) is 18.7. The van der Waals surface area contributed by atoms with Gasteiger partial charge in [0.2, 0.25) is 0 Å². The van der Waals surface area contributed by atoms with Crippen LogP contribution >= 0.6 is 0 Å². The van der Waals surface area contributed by atoms with Crippen LogP contribution in [-0.4, -0.2) is 47.5 Å². The van der Waals surface area contributed by atoms with Gasteiger partial charge in [0.25, 0.3) is 0 Å². The number of hydrogen-bond donors (Lipinski definition) is 3. The summed E-state index contributed by atoms with van der Waals surface area (Å²) in [4.78, 5) is 0. The van der Waals surface area contributed by atoms with Crippen molar-refractivity contribution >= 4 is 8.32 Å². The van der Waals surface area contributed by atoms with E-state index in [1.807, 2.05) is 6.92 Å². The van der Waals surface area contributed by atoms with E-state index in [-0.39, 0.29) is 27.7 Å². The van der Waals surface area contributed by atoms with Crippen LogP contribution in [0.5, 0.6) is 0 Å². The first-order valence-electron chi connectivity index (χ1n) is 15.8. The maximum absolute atomic E-state index is 12.3. The molecule has 0 aromatic heterocycles. The third kappa shape index (κ3) is 4.82. The van der Waals surface area contributed by atoms with Crippen LogP contribution < -0.4 is 0 Å². The molecule has 4 nitrogen and oxygen atoms in total. The summed E-state index contributed by atoms with van der Waals surface area (Å²) in [6.07, 6.45) is 10.3. The van der Waals surface area contributed by atoms with Crippen LogP contribution in [0.4, 0.5) is 0 Å². The van der Waals surface area contributed by atoms with Crippen molar-refractivity contribution in [3.05, 3.63) is 11.6 Å². The lowest BCUT2D eigenvalue weighted by atomic mass is 9.46. The van der Waals surface area contributed by atoms with Crippen LogP contribution in [0.1, 0.15) is 113 Å². The Bertz CT molecular complexity index is 892. The molecule has 3 fully saturated rings. The second-order valence-corrected chi connectivity index (χ2v) is 21.1. The minimum Gasteiger partial charge on any atom is -0.414 e. The highest BCUT2D eigenvalue weighted by atomic mass is 28.4. The summed E-state index contributed by atoms with van der Waals surface area (Å²) in [6.45, 7) is 22.8. The minimum absolute atomic E-state index is 0.200. The van der Waals surface area contributed by atoms with E-state index in [4.69, 9.17) is 4.43 Å². The lowest BCUT2D eigenvalue weighted by molar-refractivity contribution is -0.198. The Labute approximate surface area is 235 Å². The molecule has 220 valence electrons. The largest absolute Gasteiger partial charge is 0.414 e. The van der Waals surface area contributed by atoms with E-state index in [9.17, 15) is 15.3 Å². The Hall–Kier alpha value is -0.203. The van der Waals surface area contributed by atoms with Crippen molar-refractivity contribution in [2.45, 2.75) is 155 Å². The molecule has 0 aromatic carbocycles. The van der Waals surface area contributed by atoms with E-state index in [0.717, 1.165) is 38.5 Å². The minimum atomic E-state index is -1.80. The molecular weight excluding hydrogens is 488 g/mol. The molecule has 10 atom stereocenters. The fraction of sp³-hybridized carbons (Fsp3) is 0.939. The van der Waals surface area contributed by atoms with Crippen LogP contribution in [0, 0.1) is 40.4 Å². The summed E-state index contributed by atoms with van der Waals surface area (Å²) in [5.41, 5.74) is 0.212. The molecule has 5 heteroatoms. The highest BCUT2D eigenvalue weighted by molar-refractivity contribution is 6.74. The van der Waals surface area contributed by atoms with Gasteiger partial charge in [-0.05, 0) is 105 Å². The van der Waals surface area contributed by atoms with E-state index in [0.29, 0.717) is 36.7 Å².